The first kappa shape index (κ1) is 21.8. The van der Waals surface area contributed by atoms with Crippen molar-refractivity contribution in [2.24, 2.45) is 5.14 Å². The monoisotopic (exact) mass is 448 g/mol. The molecule has 1 aliphatic rings. The molecule has 1 aliphatic heterocycles. The Labute approximate surface area is 178 Å². The molecule has 0 bridgehead atoms. The molecule has 2 aromatic carbocycles. The first-order valence-corrected chi connectivity index (χ1v) is 11.4. The quantitative estimate of drug-likeness (QED) is 0.620. The lowest BCUT2D eigenvalue weighted by Crippen LogP contribution is -2.31. The second-order valence-corrected chi connectivity index (χ2v) is 9.15. The molecular weight excluding hydrogens is 428 g/mol. The molecule has 0 aromatic heterocycles. The molecule has 4 N–H and O–H groups in total. The molecule has 1 fully saturated rings. The Balaban J connectivity index is 1.55. The van der Waals surface area contributed by atoms with Crippen LogP contribution in [0.3, 0.4) is 0 Å². The van der Waals surface area contributed by atoms with Crippen LogP contribution in [0.5, 0.6) is 0 Å². The first-order valence-electron chi connectivity index (χ1n) is 8.90. The van der Waals surface area contributed by atoms with Gasteiger partial charge in [0, 0.05) is 5.69 Å². The molecule has 4 amide bonds. The van der Waals surface area contributed by atoms with Gasteiger partial charge in [-0.25, -0.2) is 18.4 Å². The number of rotatable bonds is 6. The maximum Gasteiger partial charge on any atom is 0.319 e. The number of thioether (sulfide) groups is 1. The van der Waals surface area contributed by atoms with Crippen LogP contribution in [0, 0.1) is 0 Å². The highest BCUT2D eigenvalue weighted by Gasteiger charge is 2.29. The van der Waals surface area contributed by atoms with Gasteiger partial charge in [0.25, 0.3) is 5.24 Å². The average Bonchev–Trinajstić information content (AvgIpc) is 3.01. The molecule has 1 atom stereocenters. The van der Waals surface area contributed by atoms with Gasteiger partial charge in [0.15, 0.2) is 0 Å². The molecule has 0 spiro atoms. The van der Waals surface area contributed by atoms with Crippen LogP contribution in [-0.4, -0.2) is 36.2 Å². The Bertz CT molecular complexity index is 1050. The summed E-state index contributed by atoms with van der Waals surface area (Å²) in [5.41, 5.74) is 2.03. The van der Waals surface area contributed by atoms with E-state index in [0.717, 1.165) is 17.3 Å². The number of nitrogens with two attached hydrogens (primary N) is 1. The van der Waals surface area contributed by atoms with Gasteiger partial charge in [-0.15, -0.1) is 0 Å². The van der Waals surface area contributed by atoms with Crippen molar-refractivity contribution >= 4 is 44.7 Å². The van der Waals surface area contributed by atoms with E-state index in [9.17, 15) is 22.8 Å². The highest BCUT2D eigenvalue weighted by Crippen LogP contribution is 2.22. The van der Waals surface area contributed by atoms with E-state index < -0.39 is 16.1 Å². The lowest BCUT2D eigenvalue weighted by atomic mass is 10.1. The van der Waals surface area contributed by atoms with Crippen LogP contribution < -0.4 is 15.8 Å². The van der Waals surface area contributed by atoms with Crippen LogP contribution in [0.15, 0.2) is 53.4 Å². The zero-order valence-electron chi connectivity index (χ0n) is 16.0. The number of urea groups is 1. The number of carbonyl (C=O) groups excluding carboxylic acids is 3. The number of benzene rings is 2. The predicted molar refractivity (Wildman–Crippen MR) is 113 cm³/mol. The molecule has 1 heterocycles. The van der Waals surface area contributed by atoms with Gasteiger partial charge in [-0.1, -0.05) is 36.0 Å². The summed E-state index contributed by atoms with van der Waals surface area (Å²) in [6.07, 6.45) is 0. The Hall–Kier alpha value is -2.89. The minimum atomic E-state index is -3.77. The van der Waals surface area contributed by atoms with E-state index in [1.165, 1.54) is 17.0 Å². The summed E-state index contributed by atoms with van der Waals surface area (Å²) in [5.74, 6) is -0.0423. The summed E-state index contributed by atoms with van der Waals surface area (Å²) in [4.78, 5) is 36.8. The van der Waals surface area contributed by atoms with Crippen molar-refractivity contribution in [1.82, 2.24) is 10.2 Å². The lowest BCUT2D eigenvalue weighted by Gasteiger charge is -2.16. The molecule has 0 aliphatic carbocycles. The molecule has 11 heteroatoms. The topological polar surface area (TPSA) is 139 Å². The molecule has 3 rings (SSSR count). The molecular formula is C19H20N4O5S2. The zero-order valence-corrected chi connectivity index (χ0v) is 17.6. The Morgan fingerprint density at radius 3 is 2.30 bits per heavy atom. The second kappa shape index (κ2) is 8.86. The third-order valence-corrected chi connectivity index (χ3v) is 6.24. The standard InChI is InChI=1S/C19H20N4O5S2/c1-12(14-4-8-16(9-5-14)30(20,27)28)21-18(25)22-15-6-2-13(3-7-15)10-23-17(24)11-29-19(23)26/h2-9,12H,10-11H2,1H3,(H2,20,27,28)(H2,21,22,25). The van der Waals surface area contributed by atoms with Crippen LogP contribution >= 0.6 is 11.8 Å². The highest BCUT2D eigenvalue weighted by molar-refractivity contribution is 8.14. The van der Waals surface area contributed by atoms with Crippen molar-refractivity contribution in [3.63, 3.8) is 0 Å². The number of carbonyl (C=O) groups is 3. The molecule has 0 saturated carbocycles. The molecule has 1 saturated heterocycles. The van der Waals surface area contributed by atoms with Crippen molar-refractivity contribution in [2.45, 2.75) is 24.4 Å². The van der Waals surface area contributed by atoms with E-state index in [-0.39, 0.29) is 34.4 Å². The number of amides is 4. The molecule has 9 nitrogen and oxygen atoms in total. The maximum atomic E-state index is 12.2. The summed E-state index contributed by atoms with van der Waals surface area (Å²) >= 11 is 0.986. The van der Waals surface area contributed by atoms with Crippen LogP contribution in [0.4, 0.5) is 15.3 Å². The van der Waals surface area contributed by atoms with E-state index in [1.54, 1.807) is 43.3 Å². The van der Waals surface area contributed by atoms with Crippen molar-refractivity contribution in [2.75, 3.05) is 11.1 Å². The minimum Gasteiger partial charge on any atom is -0.331 e. The van der Waals surface area contributed by atoms with Gasteiger partial charge in [-0.3, -0.25) is 14.5 Å². The number of hydrogen-bond acceptors (Lipinski definition) is 6. The minimum absolute atomic E-state index is 0.00100. The summed E-state index contributed by atoms with van der Waals surface area (Å²) in [7, 11) is -3.77. The number of primary sulfonamides is 1. The lowest BCUT2D eigenvalue weighted by molar-refractivity contribution is -0.125. The van der Waals surface area contributed by atoms with Gasteiger partial charge < -0.3 is 10.6 Å². The van der Waals surface area contributed by atoms with Gasteiger partial charge in [-0.2, -0.15) is 0 Å². The number of hydrogen-bond donors (Lipinski definition) is 3. The molecule has 158 valence electrons. The van der Waals surface area contributed by atoms with Crippen molar-refractivity contribution in [3.8, 4) is 0 Å². The Morgan fingerprint density at radius 1 is 1.13 bits per heavy atom. The van der Waals surface area contributed by atoms with Gasteiger partial charge >= 0.3 is 6.03 Å². The van der Waals surface area contributed by atoms with E-state index in [4.69, 9.17) is 5.14 Å². The fraction of sp³-hybridized carbons (Fsp3) is 0.211. The Kier molecular flexibility index (Phi) is 6.44. The predicted octanol–water partition coefficient (Wildman–Crippen LogP) is 2.41. The number of anilines is 1. The number of nitrogens with one attached hydrogen (secondary N) is 2. The van der Waals surface area contributed by atoms with Gasteiger partial charge in [0.2, 0.25) is 15.9 Å². The van der Waals surface area contributed by atoms with E-state index in [0.29, 0.717) is 11.3 Å². The third kappa shape index (κ3) is 5.38. The fourth-order valence-corrected chi connectivity index (χ4v) is 4.04. The first-order chi connectivity index (χ1) is 14.1. The van der Waals surface area contributed by atoms with E-state index in [1.807, 2.05) is 0 Å². The van der Waals surface area contributed by atoms with Gasteiger partial charge in [0.05, 0.1) is 23.2 Å². The summed E-state index contributed by atoms with van der Waals surface area (Å²) < 4.78 is 22.6. The largest absolute Gasteiger partial charge is 0.331 e. The van der Waals surface area contributed by atoms with E-state index in [2.05, 4.69) is 10.6 Å². The van der Waals surface area contributed by atoms with Gasteiger partial charge in [0.1, 0.15) is 0 Å². The third-order valence-electron chi connectivity index (χ3n) is 4.45. The molecule has 1 unspecified atom stereocenters. The average molecular weight is 449 g/mol. The fourth-order valence-electron chi connectivity index (χ4n) is 2.80. The molecule has 30 heavy (non-hydrogen) atoms. The van der Waals surface area contributed by atoms with Crippen molar-refractivity contribution < 1.29 is 22.8 Å². The highest BCUT2D eigenvalue weighted by atomic mass is 32.2. The normalized spacial score (nSPS) is 15.2. The van der Waals surface area contributed by atoms with Crippen molar-refractivity contribution in [1.29, 1.82) is 0 Å². The number of nitrogens with zero attached hydrogens (tertiary/aromatic N) is 1. The summed E-state index contributed by atoms with van der Waals surface area (Å²) in [6, 6.07) is 11.9. The zero-order chi connectivity index (χ0) is 21.9. The Morgan fingerprint density at radius 2 is 1.77 bits per heavy atom. The molecule has 0 radical (unpaired) electrons. The van der Waals surface area contributed by atoms with Gasteiger partial charge in [-0.05, 0) is 42.3 Å². The molecule has 2 aromatic rings. The van der Waals surface area contributed by atoms with E-state index >= 15 is 0 Å². The second-order valence-electron chi connectivity index (χ2n) is 6.67. The SMILES string of the molecule is CC(NC(=O)Nc1ccc(CN2C(=O)CSC2=O)cc1)c1ccc(S(N)(=O)=O)cc1. The van der Waals surface area contributed by atoms with Crippen LogP contribution in [0.25, 0.3) is 0 Å². The smallest absolute Gasteiger partial charge is 0.319 e. The van der Waals surface area contributed by atoms with Crippen LogP contribution in [0.2, 0.25) is 0 Å². The van der Waals surface area contributed by atoms with Crippen molar-refractivity contribution in [3.05, 3.63) is 59.7 Å². The van der Waals surface area contributed by atoms with Crippen LogP contribution in [-0.2, 0) is 21.4 Å². The number of imide groups is 1. The summed E-state index contributed by atoms with van der Waals surface area (Å²) in [5, 5.41) is 10.3. The summed E-state index contributed by atoms with van der Waals surface area (Å²) in [6.45, 7) is 1.96. The number of sulfonamides is 1. The maximum absolute atomic E-state index is 12.2. The van der Waals surface area contributed by atoms with Crippen LogP contribution in [0.1, 0.15) is 24.1 Å².